The predicted molar refractivity (Wildman–Crippen MR) is 26.2 cm³/mol. The van der Waals surface area contributed by atoms with Crippen molar-refractivity contribution in [2.24, 2.45) is 16.1 Å². The minimum Gasteiger partial charge on any atom is -0.350 e. The first-order valence-electron chi connectivity index (χ1n) is 2.21. The van der Waals surface area contributed by atoms with Crippen molar-refractivity contribution in [1.29, 1.82) is 0 Å². The summed E-state index contributed by atoms with van der Waals surface area (Å²) in [6.07, 6.45) is 0. The third-order valence-corrected chi connectivity index (χ3v) is 0.804. The summed E-state index contributed by atoms with van der Waals surface area (Å²) in [4.78, 5) is 20.6. The predicted octanol–water partition coefficient (Wildman–Crippen LogP) is -0.726. The number of hydrogen-bond donors (Lipinski definition) is 1. The topological polar surface area (TPSA) is 88.1 Å². The van der Waals surface area contributed by atoms with E-state index in [-0.39, 0.29) is 6.54 Å². The van der Waals surface area contributed by atoms with Crippen molar-refractivity contribution in [2.75, 3.05) is 6.54 Å². The van der Waals surface area contributed by atoms with Crippen LogP contribution < -0.4 is 5.73 Å². The number of nitrogens with zero attached hydrogens (tertiary/aromatic N) is 3. The fourth-order valence-corrected chi connectivity index (χ4v) is 0.439. The molecule has 6 nitrogen and oxygen atoms in total. The molecule has 0 radical (unpaired) electrons. The van der Waals surface area contributed by atoms with E-state index in [4.69, 9.17) is 5.73 Å². The Morgan fingerprint density at radius 2 is 2.44 bits per heavy atom. The molecule has 9 heavy (non-hydrogen) atoms. The number of imide groups is 1. The summed E-state index contributed by atoms with van der Waals surface area (Å²) in [7, 11) is 0. The lowest BCUT2D eigenvalue weighted by Gasteiger charge is -2.00. The van der Waals surface area contributed by atoms with Crippen LogP contribution in [0.3, 0.4) is 0 Å². The number of carbonyl (C=O) groups is 2. The molecule has 0 spiro atoms. The first-order valence-corrected chi connectivity index (χ1v) is 2.21. The van der Waals surface area contributed by atoms with E-state index in [1.807, 2.05) is 0 Å². The average molecular weight is 128 g/mol. The second-order valence-electron chi connectivity index (χ2n) is 1.43. The van der Waals surface area contributed by atoms with Crippen LogP contribution in [0.15, 0.2) is 10.3 Å². The van der Waals surface area contributed by atoms with Gasteiger partial charge in [-0.2, -0.15) is 5.11 Å². The SMILES string of the molecule is NC(=O)N1N=NCC1=O. The van der Waals surface area contributed by atoms with Gasteiger partial charge in [-0.25, -0.2) is 4.79 Å². The zero-order valence-electron chi connectivity index (χ0n) is 4.44. The molecule has 2 N–H and O–H groups in total. The second kappa shape index (κ2) is 1.81. The third kappa shape index (κ3) is 0.857. The molecule has 6 heteroatoms. The fraction of sp³-hybridized carbons (Fsp3) is 0.333. The highest BCUT2D eigenvalue weighted by Crippen LogP contribution is 1.99. The van der Waals surface area contributed by atoms with Crippen molar-refractivity contribution in [3.8, 4) is 0 Å². The second-order valence-corrected chi connectivity index (χ2v) is 1.43. The molecule has 0 aromatic carbocycles. The minimum atomic E-state index is -0.888. The van der Waals surface area contributed by atoms with Gasteiger partial charge >= 0.3 is 6.03 Å². The molecule has 0 aromatic heterocycles. The summed E-state index contributed by atoms with van der Waals surface area (Å²) in [5, 5.41) is 6.95. The molecule has 1 heterocycles. The van der Waals surface area contributed by atoms with Gasteiger partial charge in [0.05, 0.1) is 0 Å². The number of hydrogen-bond acceptors (Lipinski definition) is 4. The summed E-state index contributed by atoms with van der Waals surface area (Å²) in [5.74, 6) is -0.484. The van der Waals surface area contributed by atoms with Gasteiger partial charge in [0, 0.05) is 0 Å². The van der Waals surface area contributed by atoms with Crippen molar-refractivity contribution in [2.45, 2.75) is 0 Å². The molecule has 0 aliphatic carbocycles. The molecule has 0 saturated heterocycles. The Kier molecular flexibility index (Phi) is 1.14. The van der Waals surface area contributed by atoms with Gasteiger partial charge in [0.15, 0.2) is 0 Å². The summed E-state index contributed by atoms with van der Waals surface area (Å²) >= 11 is 0. The molecule has 48 valence electrons. The maximum Gasteiger partial charge on any atom is 0.344 e. The largest absolute Gasteiger partial charge is 0.350 e. The standard InChI is InChI=1S/C3H4N4O2/c4-3(9)7-2(8)1-5-6-7/h1H2,(H2,4,9). The monoisotopic (exact) mass is 128 g/mol. The van der Waals surface area contributed by atoms with Crippen LogP contribution in [-0.2, 0) is 4.79 Å². The molecule has 0 bridgehead atoms. The van der Waals surface area contributed by atoms with Gasteiger partial charge < -0.3 is 5.73 Å². The Balaban J connectivity index is 2.71. The fourth-order valence-electron chi connectivity index (χ4n) is 0.439. The zero-order chi connectivity index (χ0) is 6.85. The maximum atomic E-state index is 10.5. The van der Waals surface area contributed by atoms with Gasteiger partial charge in [-0.15, -0.1) is 5.01 Å². The van der Waals surface area contributed by atoms with Crippen molar-refractivity contribution >= 4 is 11.9 Å². The van der Waals surface area contributed by atoms with Crippen molar-refractivity contribution < 1.29 is 9.59 Å². The van der Waals surface area contributed by atoms with Gasteiger partial charge in [0.2, 0.25) is 0 Å². The van der Waals surface area contributed by atoms with Crippen molar-refractivity contribution in [3.05, 3.63) is 0 Å². The average Bonchev–Trinajstić information content (AvgIpc) is 2.13. The minimum absolute atomic E-state index is 0.0804. The lowest BCUT2D eigenvalue weighted by molar-refractivity contribution is -0.124. The van der Waals surface area contributed by atoms with Gasteiger partial charge in [-0.1, -0.05) is 5.22 Å². The summed E-state index contributed by atoms with van der Waals surface area (Å²) < 4.78 is 0. The molecular formula is C3H4N4O2. The van der Waals surface area contributed by atoms with E-state index in [1.165, 1.54) is 0 Å². The summed E-state index contributed by atoms with van der Waals surface area (Å²) in [6.45, 7) is -0.0804. The lowest BCUT2D eigenvalue weighted by Crippen LogP contribution is -2.34. The van der Waals surface area contributed by atoms with E-state index < -0.39 is 11.9 Å². The van der Waals surface area contributed by atoms with Crippen LogP contribution in [-0.4, -0.2) is 23.5 Å². The van der Waals surface area contributed by atoms with Crippen LogP contribution in [0.2, 0.25) is 0 Å². The third-order valence-electron chi connectivity index (χ3n) is 0.804. The van der Waals surface area contributed by atoms with E-state index in [1.54, 1.807) is 0 Å². The Labute approximate surface area is 50.3 Å². The molecule has 1 aliphatic heterocycles. The summed E-state index contributed by atoms with van der Waals surface area (Å²) in [6, 6.07) is -0.888. The molecule has 0 atom stereocenters. The highest BCUT2D eigenvalue weighted by Gasteiger charge is 2.22. The van der Waals surface area contributed by atoms with Crippen molar-refractivity contribution in [3.63, 3.8) is 0 Å². The Morgan fingerprint density at radius 1 is 1.78 bits per heavy atom. The van der Waals surface area contributed by atoms with Gasteiger partial charge in [-0.3, -0.25) is 4.79 Å². The van der Waals surface area contributed by atoms with Crippen LogP contribution in [0.5, 0.6) is 0 Å². The zero-order valence-corrected chi connectivity index (χ0v) is 4.44. The summed E-state index contributed by atoms with van der Waals surface area (Å²) in [5.41, 5.74) is 4.70. The molecule has 0 fully saturated rings. The number of urea groups is 1. The van der Waals surface area contributed by atoms with Gasteiger partial charge in [0.1, 0.15) is 6.54 Å². The molecule has 0 saturated carbocycles. The Hall–Kier alpha value is -1.46. The molecular weight excluding hydrogens is 124 g/mol. The van der Waals surface area contributed by atoms with E-state index in [0.29, 0.717) is 5.01 Å². The number of nitrogens with two attached hydrogens (primary N) is 1. The maximum absolute atomic E-state index is 10.5. The van der Waals surface area contributed by atoms with E-state index in [9.17, 15) is 9.59 Å². The van der Waals surface area contributed by atoms with Gasteiger partial charge in [0.25, 0.3) is 5.91 Å². The van der Waals surface area contributed by atoms with Gasteiger partial charge in [-0.05, 0) is 0 Å². The molecule has 0 aromatic rings. The lowest BCUT2D eigenvalue weighted by atomic mass is 10.6. The highest BCUT2D eigenvalue weighted by molar-refractivity contribution is 5.94. The van der Waals surface area contributed by atoms with E-state index in [2.05, 4.69) is 10.3 Å². The highest BCUT2D eigenvalue weighted by atomic mass is 16.2. The smallest absolute Gasteiger partial charge is 0.344 e. The van der Waals surface area contributed by atoms with Crippen LogP contribution in [0, 0.1) is 0 Å². The molecule has 3 amide bonds. The van der Waals surface area contributed by atoms with Crippen LogP contribution in [0.1, 0.15) is 0 Å². The number of primary amides is 1. The molecule has 1 rings (SSSR count). The quantitative estimate of drug-likeness (QED) is 0.466. The first kappa shape index (κ1) is 5.67. The number of carbonyl (C=O) groups excluding carboxylic acids is 2. The van der Waals surface area contributed by atoms with E-state index in [0.717, 1.165) is 0 Å². The van der Waals surface area contributed by atoms with E-state index >= 15 is 0 Å². The number of amides is 3. The Morgan fingerprint density at radius 3 is 2.67 bits per heavy atom. The molecule has 0 unspecified atom stereocenters. The number of rotatable bonds is 0. The van der Waals surface area contributed by atoms with Crippen LogP contribution in [0.25, 0.3) is 0 Å². The normalized spacial score (nSPS) is 16.9. The molecule has 1 aliphatic rings. The Bertz CT molecular complexity index is 186. The van der Waals surface area contributed by atoms with Crippen LogP contribution in [0.4, 0.5) is 4.79 Å². The van der Waals surface area contributed by atoms with Crippen LogP contribution >= 0.6 is 0 Å². The van der Waals surface area contributed by atoms with Crippen molar-refractivity contribution in [1.82, 2.24) is 5.01 Å². The first-order chi connectivity index (χ1) is 4.22.